The lowest BCUT2D eigenvalue weighted by molar-refractivity contribution is 0.945. The molecule has 4 nitrogen and oxygen atoms in total. The molecule has 0 heterocycles. The summed E-state index contributed by atoms with van der Waals surface area (Å²) in [5.41, 5.74) is 4.06. The highest BCUT2D eigenvalue weighted by atomic mass is 35.5. The SMILES string of the molecule is Cc1cc(N(Cl)NC=C(C#N)C#N)ccc1Cl. The van der Waals surface area contributed by atoms with E-state index in [2.05, 4.69) is 5.43 Å². The fourth-order valence-electron chi connectivity index (χ4n) is 1.04. The maximum absolute atomic E-state index is 8.53. The molecule has 86 valence electrons. The second kappa shape index (κ2) is 6.00. The Hall–Kier alpha value is -1.88. The molecule has 0 fully saturated rings. The summed E-state index contributed by atoms with van der Waals surface area (Å²) in [6.45, 7) is 1.85. The largest absolute Gasteiger partial charge is 0.289 e. The molecule has 0 aliphatic carbocycles. The predicted molar refractivity (Wildman–Crippen MR) is 67.0 cm³/mol. The summed E-state index contributed by atoms with van der Waals surface area (Å²) in [4.78, 5) is 0. The van der Waals surface area contributed by atoms with E-state index < -0.39 is 0 Å². The first-order chi connectivity index (χ1) is 8.08. The van der Waals surface area contributed by atoms with Crippen LogP contribution in [0.3, 0.4) is 0 Å². The van der Waals surface area contributed by atoms with Crippen molar-refractivity contribution in [1.82, 2.24) is 5.43 Å². The number of halogens is 2. The van der Waals surface area contributed by atoms with Gasteiger partial charge in [-0.2, -0.15) is 15.1 Å². The highest BCUT2D eigenvalue weighted by Gasteiger charge is 2.04. The number of nitrogens with zero attached hydrogens (tertiary/aromatic N) is 3. The maximum Gasteiger partial charge on any atom is 0.147 e. The van der Waals surface area contributed by atoms with Gasteiger partial charge in [0.15, 0.2) is 0 Å². The lowest BCUT2D eigenvalue weighted by atomic mass is 10.2. The molecular formula is C11H8Cl2N4. The first kappa shape index (κ1) is 13.2. The number of hydrogen-bond acceptors (Lipinski definition) is 4. The molecule has 6 heteroatoms. The van der Waals surface area contributed by atoms with E-state index in [1.54, 1.807) is 30.3 Å². The van der Waals surface area contributed by atoms with Crippen LogP contribution in [0.15, 0.2) is 30.0 Å². The number of allylic oxidation sites excluding steroid dienone is 1. The smallest absolute Gasteiger partial charge is 0.147 e. The third-order valence-electron chi connectivity index (χ3n) is 1.93. The Bertz CT molecular complexity index is 509. The van der Waals surface area contributed by atoms with E-state index in [-0.39, 0.29) is 5.57 Å². The van der Waals surface area contributed by atoms with Gasteiger partial charge in [0.1, 0.15) is 17.7 Å². The van der Waals surface area contributed by atoms with E-state index in [4.69, 9.17) is 33.9 Å². The standard InChI is InChI=1S/C11H8Cl2N4/c1-8-4-10(2-3-11(8)12)17(13)16-7-9(5-14)6-15/h2-4,7,16H,1H3. The van der Waals surface area contributed by atoms with E-state index in [1.807, 2.05) is 6.92 Å². The molecule has 0 amide bonds. The van der Waals surface area contributed by atoms with Crippen LogP contribution >= 0.6 is 23.4 Å². The topological polar surface area (TPSA) is 62.9 Å². The third kappa shape index (κ3) is 3.57. The minimum Gasteiger partial charge on any atom is -0.289 e. The van der Waals surface area contributed by atoms with Gasteiger partial charge in [0.2, 0.25) is 0 Å². The Labute approximate surface area is 109 Å². The van der Waals surface area contributed by atoms with Crippen molar-refractivity contribution in [2.24, 2.45) is 0 Å². The van der Waals surface area contributed by atoms with Gasteiger partial charge in [-0.15, -0.1) is 0 Å². The fourth-order valence-corrected chi connectivity index (χ4v) is 1.31. The number of aryl methyl sites for hydroxylation is 1. The van der Waals surface area contributed by atoms with Crippen molar-refractivity contribution in [3.05, 3.63) is 40.6 Å². The Kier molecular flexibility index (Phi) is 4.66. The maximum atomic E-state index is 8.53. The first-order valence-corrected chi connectivity index (χ1v) is 5.28. The van der Waals surface area contributed by atoms with E-state index in [1.165, 1.54) is 6.20 Å². The van der Waals surface area contributed by atoms with Crippen LogP contribution in [0.5, 0.6) is 0 Å². The quantitative estimate of drug-likeness (QED) is 0.519. The zero-order valence-electron chi connectivity index (χ0n) is 8.91. The molecule has 1 rings (SSSR count). The molecule has 0 aliphatic rings. The zero-order valence-corrected chi connectivity index (χ0v) is 10.4. The molecule has 0 radical (unpaired) electrons. The fraction of sp³-hybridized carbons (Fsp3) is 0.0909. The molecule has 0 aromatic heterocycles. The Balaban J connectivity index is 2.81. The summed E-state index contributed by atoms with van der Waals surface area (Å²) in [6.07, 6.45) is 1.22. The normalized spacial score (nSPS) is 8.76. The van der Waals surface area contributed by atoms with Gasteiger partial charge >= 0.3 is 0 Å². The summed E-state index contributed by atoms with van der Waals surface area (Å²) >= 11 is 11.8. The van der Waals surface area contributed by atoms with Crippen LogP contribution in [0.25, 0.3) is 0 Å². The lowest BCUT2D eigenvalue weighted by Crippen LogP contribution is -2.24. The van der Waals surface area contributed by atoms with E-state index in [9.17, 15) is 0 Å². The third-order valence-corrected chi connectivity index (χ3v) is 2.65. The Morgan fingerprint density at radius 1 is 1.41 bits per heavy atom. The van der Waals surface area contributed by atoms with Crippen molar-refractivity contribution >= 4 is 29.1 Å². The van der Waals surface area contributed by atoms with Crippen LogP contribution in [0.1, 0.15) is 5.56 Å². The molecule has 0 saturated heterocycles. The average molecular weight is 267 g/mol. The summed E-state index contributed by atoms with van der Waals surface area (Å²) in [5.74, 6) is 0. The molecule has 0 saturated carbocycles. The monoisotopic (exact) mass is 266 g/mol. The summed E-state index contributed by atoms with van der Waals surface area (Å²) in [5, 5.41) is 17.7. The number of hydrogen-bond donors (Lipinski definition) is 1. The second-order valence-electron chi connectivity index (χ2n) is 3.13. The predicted octanol–water partition coefficient (Wildman–Crippen LogP) is 3.04. The molecular weight excluding hydrogens is 259 g/mol. The van der Waals surface area contributed by atoms with Crippen molar-refractivity contribution < 1.29 is 0 Å². The van der Waals surface area contributed by atoms with Gasteiger partial charge in [0.05, 0.1) is 5.69 Å². The molecule has 17 heavy (non-hydrogen) atoms. The molecule has 1 aromatic rings. The number of anilines is 1. The van der Waals surface area contributed by atoms with Crippen LogP contribution in [-0.2, 0) is 0 Å². The second-order valence-corrected chi connectivity index (χ2v) is 3.87. The Morgan fingerprint density at radius 3 is 2.59 bits per heavy atom. The molecule has 0 spiro atoms. The van der Waals surface area contributed by atoms with Gasteiger partial charge in [-0.3, -0.25) is 5.43 Å². The number of nitriles is 2. The summed E-state index contributed by atoms with van der Waals surface area (Å²) in [7, 11) is 0. The van der Waals surface area contributed by atoms with Crippen LogP contribution in [0.2, 0.25) is 5.02 Å². The molecule has 0 aliphatic heterocycles. The minimum absolute atomic E-state index is 0.0682. The van der Waals surface area contributed by atoms with Gasteiger partial charge in [0, 0.05) is 23.0 Å². The van der Waals surface area contributed by atoms with Gasteiger partial charge in [0.25, 0.3) is 0 Å². The number of hydrazine groups is 1. The van der Waals surface area contributed by atoms with E-state index in [0.717, 1.165) is 10.1 Å². The van der Waals surface area contributed by atoms with Crippen molar-refractivity contribution in [2.75, 3.05) is 4.53 Å². The van der Waals surface area contributed by atoms with E-state index in [0.29, 0.717) is 10.7 Å². The van der Waals surface area contributed by atoms with Crippen LogP contribution in [-0.4, -0.2) is 0 Å². The molecule has 1 N–H and O–H groups in total. The molecule has 0 atom stereocenters. The summed E-state index contributed by atoms with van der Waals surface area (Å²) < 4.78 is 1.16. The highest BCUT2D eigenvalue weighted by molar-refractivity contribution is 6.31. The zero-order chi connectivity index (χ0) is 12.8. The van der Waals surface area contributed by atoms with Gasteiger partial charge in [-0.25, -0.2) is 0 Å². The summed E-state index contributed by atoms with van der Waals surface area (Å²) in [6, 6.07) is 8.61. The van der Waals surface area contributed by atoms with Crippen LogP contribution in [0, 0.1) is 29.6 Å². The van der Waals surface area contributed by atoms with Crippen molar-refractivity contribution in [2.45, 2.75) is 6.92 Å². The van der Waals surface area contributed by atoms with Gasteiger partial charge in [-0.1, -0.05) is 11.6 Å². The van der Waals surface area contributed by atoms with E-state index >= 15 is 0 Å². The minimum atomic E-state index is -0.0682. The van der Waals surface area contributed by atoms with Crippen molar-refractivity contribution in [3.63, 3.8) is 0 Å². The van der Waals surface area contributed by atoms with Crippen molar-refractivity contribution in [3.8, 4) is 12.1 Å². The van der Waals surface area contributed by atoms with Gasteiger partial charge < -0.3 is 0 Å². The van der Waals surface area contributed by atoms with Crippen LogP contribution in [0.4, 0.5) is 5.69 Å². The Morgan fingerprint density at radius 2 is 2.06 bits per heavy atom. The van der Waals surface area contributed by atoms with Crippen molar-refractivity contribution in [1.29, 1.82) is 10.5 Å². The molecule has 0 unspecified atom stereocenters. The lowest BCUT2D eigenvalue weighted by Gasteiger charge is -2.15. The number of benzene rings is 1. The number of nitrogens with one attached hydrogen (secondary N) is 1. The van der Waals surface area contributed by atoms with Gasteiger partial charge in [-0.05, 0) is 30.7 Å². The first-order valence-electron chi connectivity index (χ1n) is 4.57. The highest BCUT2D eigenvalue weighted by Crippen LogP contribution is 2.22. The molecule has 0 bridgehead atoms. The molecule has 1 aromatic carbocycles. The number of rotatable bonds is 3. The average Bonchev–Trinajstić information content (AvgIpc) is 2.33. The van der Waals surface area contributed by atoms with Crippen LogP contribution < -0.4 is 9.95 Å².